The number of nitrogens with zero attached hydrogens (tertiary/aromatic N) is 4. The summed E-state index contributed by atoms with van der Waals surface area (Å²) in [6, 6.07) is 10.1. The SMILES string of the molecule is COc1cc2cc3ncc(C#N)c(N(CCl)OC)c3cc2cc1OCCN1CCOCC1. The molecule has 1 fully saturated rings. The number of aromatic nitrogens is 1. The van der Waals surface area contributed by atoms with Gasteiger partial charge in [-0.05, 0) is 35.0 Å². The predicted molar refractivity (Wildman–Crippen MR) is 123 cm³/mol. The number of ether oxygens (including phenoxy) is 3. The van der Waals surface area contributed by atoms with Crippen LogP contribution in [0.1, 0.15) is 5.56 Å². The molecular weight excluding hydrogens is 432 g/mol. The molecule has 3 aromatic rings. The number of hydroxylamine groups is 1. The summed E-state index contributed by atoms with van der Waals surface area (Å²) in [6.45, 7) is 4.71. The van der Waals surface area contributed by atoms with Gasteiger partial charge in [0.05, 0.1) is 44.2 Å². The second kappa shape index (κ2) is 10.2. The molecule has 1 aromatic heterocycles. The van der Waals surface area contributed by atoms with Crippen LogP contribution in [0, 0.1) is 11.3 Å². The zero-order valence-electron chi connectivity index (χ0n) is 18.1. The van der Waals surface area contributed by atoms with Crippen molar-refractivity contribution in [3.63, 3.8) is 0 Å². The van der Waals surface area contributed by atoms with E-state index >= 15 is 0 Å². The minimum Gasteiger partial charge on any atom is -0.493 e. The van der Waals surface area contributed by atoms with Crippen molar-refractivity contribution in [1.29, 1.82) is 5.26 Å². The summed E-state index contributed by atoms with van der Waals surface area (Å²) in [5.74, 6) is 1.33. The highest BCUT2D eigenvalue weighted by atomic mass is 35.5. The minimum atomic E-state index is 0.0703. The summed E-state index contributed by atoms with van der Waals surface area (Å²) in [5, 5.41) is 13.7. The van der Waals surface area contributed by atoms with Crippen LogP contribution in [0.5, 0.6) is 11.5 Å². The van der Waals surface area contributed by atoms with Crippen LogP contribution in [0.4, 0.5) is 5.69 Å². The molecule has 1 aliphatic heterocycles. The number of nitriles is 1. The Hall–Kier alpha value is -2.83. The van der Waals surface area contributed by atoms with Gasteiger partial charge in [0, 0.05) is 31.2 Å². The van der Waals surface area contributed by atoms with Gasteiger partial charge in [0.25, 0.3) is 0 Å². The number of rotatable bonds is 8. The zero-order valence-corrected chi connectivity index (χ0v) is 18.9. The van der Waals surface area contributed by atoms with Crippen LogP contribution in [0.15, 0.2) is 30.5 Å². The first-order valence-corrected chi connectivity index (χ1v) is 10.9. The molecule has 2 heterocycles. The highest BCUT2D eigenvalue weighted by molar-refractivity contribution is 6.19. The first kappa shape index (κ1) is 22.4. The van der Waals surface area contributed by atoms with Crippen molar-refractivity contribution >= 4 is 39.0 Å². The van der Waals surface area contributed by atoms with E-state index in [2.05, 4.69) is 16.0 Å². The number of halogens is 1. The fourth-order valence-corrected chi connectivity index (χ4v) is 4.08. The van der Waals surface area contributed by atoms with Crippen LogP contribution in [-0.2, 0) is 9.57 Å². The van der Waals surface area contributed by atoms with Gasteiger partial charge in [-0.3, -0.25) is 14.7 Å². The molecule has 0 spiro atoms. The van der Waals surface area contributed by atoms with E-state index in [0.717, 1.165) is 54.5 Å². The van der Waals surface area contributed by atoms with Crippen LogP contribution in [0.3, 0.4) is 0 Å². The van der Waals surface area contributed by atoms with E-state index in [1.165, 1.54) is 18.4 Å². The Labute approximate surface area is 191 Å². The van der Waals surface area contributed by atoms with Gasteiger partial charge in [-0.25, -0.2) is 5.06 Å². The third-order valence-electron chi connectivity index (χ3n) is 5.55. The zero-order chi connectivity index (χ0) is 22.5. The molecule has 4 rings (SSSR count). The van der Waals surface area contributed by atoms with E-state index in [-0.39, 0.29) is 6.00 Å². The van der Waals surface area contributed by atoms with Gasteiger partial charge in [0.2, 0.25) is 0 Å². The maximum Gasteiger partial charge on any atom is 0.161 e. The molecule has 0 aliphatic carbocycles. The van der Waals surface area contributed by atoms with Crippen molar-refractivity contribution < 1.29 is 19.0 Å². The fourth-order valence-electron chi connectivity index (χ4n) is 3.86. The average Bonchev–Trinajstić information content (AvgIpc) is 2.84. The topological polar surface area (TPSA) is 80.1 Å². The summed E-state index contributed by atoms with van der Waals surface area (Å²) in [5.41, 5.74) is 1.69. The van der Waals surface area contributed by atoms with Gasteiger partial charge >= 0.3 is 0 Å². The lowest BCUT2D eigenvalue weighted by Gasteiger charge is -2.26. The Morgan fingerprint density at radius 3 is 2.59 bits per heavy atom. The second-order valence-electron chi connectivity index (χ2n) is 7.33. The summed E-state index contributed by atoms with van der Waals surface area (Å²) < 4.78 is 17.1. The molecule has 0 amide bonds. The molecule has 0 saturated carbocycles. The van der Waals surface area contributed by atoms with Crippen molar-refractivity contribution in [3.8, 4) is 17.6 Å². The van der Waals surface area contributed by atoms with Crippen molar-refractivity contribution in [1.82, 2.24) is 9.88 Å². The Balaban J connectivity index is 1.72. The van der Waals surface area contributed by atoms with Gasteiger partial charge in [0.1, 0.15) is 18.7 Å². The van der Waals surface area contributed by atoms with Crippen LogP contribution in [0.25, 0.3) is 21.7 Å². The lowest BCUT2D eigenvalue weighted by Crippen LogP contribution is -2.38. The van der Waals surface area contributed by atoms with E-state index in [1.807, 2.05) is 24.3 Å². The minimum absolute atomic E-state index is 0.0703. The monoisotopic (exact) mass is 456 g/mol. The molecular formula is C23H25ClN4O4. The van der Waals surface area contributed by atoms with Crippen LogP contribution in [-0.4, -0.2) is 69.6 Å². The van der Waals surface area contributed by atoms with E-state index < -0.39 is 0 Å². The number of morpholine rings is 1. The molecule has 168 valence electrons. The van der Waals surface area contributed by atoms with Crippen molar-refractivity contribution in [2.75, 3.05) is 64.7 Å². The van der Waals surface area contributed by atoms with Gasteiger partial charge in [-0.2, -0.15) is 5.26 Å². The Morgan fingerprint density at radius 2 is 1.91 bits per heavy atom. The fraction of sp³-hybridized carbons (Fsp3) is 0.391. The third-order valence-corrected chi connectivity index (χ3v) is 5.76. The molecule has 1 aliphatic rings. The smallest absolute Gasteiger partial charge is 0.161 e. The van der Waals surface area contributed by atoms with Crippen LogP contribution in [0.2, 0.25) is 0 Å². The van der Waals surface area contributed by atoms with Gasteiger partial charge in [0.15, 0.2) is 11.5 Å². The van der Waals surface area contributed by atoms with Gasteiger partial charge < -0.3 is 14.2 Å². The summed E-state index contributed by atoms with van der Waals surface area (Å²) in [7, 11) is 3.14. The van der Waals surface area contributed by atoms with Crippen LogP contribution < -0.4 is 14.5 Å². The number of hydrogen-bond acceptors (Lipinski definition) is 8. The molecule has 0 N–H and O–H groups in total. The Bertz CT molecular complexity index is 1140. The molecule has 9 heteroatoms. The van der Waals surface area contributed by atoms with E-state index in [4.69, 9.17) is 30.6 Å². The average molecular weight is 457 g/mol. The number of fused-ring (bicyclic) bond motifs is 2. The molecule has 1 saturated heterocycles. The van der Waals surface area contributed by atoms with Crippen LogP contribution >= 0.6 is 11.6 Å². The molecule has 32 heavy (non-hydrogen) atoms. The van der Waals surface area contributed by atoms with E-state index in [9.17, 15) is 5.26 Å². The number of anilines is 1. The Kier molecular flexibility index (Phi) is 7.12. The number of hydrogen-bond donors (Lipinski definition) is 0. The van der Waals surface area contributed by atoms with Gasteiger partial charge in [-0.15, -0.1) is 11.6 Å². The number of methoxy groups -OCH3 is 1. The summed E-state index contributed by atoms with van der Waals surface area (Å²) in [6.07, 6.45) is 1.53. The summed E-state index contributed by atoms with van der Waals surface area (Å²) in [4.78, 5) is 12.2. The molecule has 0 bridgehead atoms. The van der Waals surface area contributed by atoms with Gasteiger partial charge in [-0.1, -0.05) is 0 Å². The van der Waals surface area contributed by atoms with E-state index in [0.29, 0.717) is 29.4 Å². The number of benzene rings is 2. The van der Waals surface area contributed by atoms with Crippen molar-refractivity contribution in [2.45, 2.75) is 0 Å². The summed E-state index contributed by atoms with van der Waals surface area (Å²) >= 11 is 6.06. The molecule has 0 unspecified atom stereocenters. The second-order valence-corrected chi connectivity index (χ2v) is 7.57. The highest BCUT2D eigenvalue weighted by Gasteiger charge is 2.18. The lowest BCUT2D eigenvalue weighted by atomic mass is 10.0. The van der Waals surface area contributed by atoms with Crippen molar-refractivity contribution in [2.24, 2.45) is 0 Å². The maximum absolute atomic E-state index is 9.58. The first-order chi connectivity index (χ1) is 15.7. The standard InChI is InChI=1S/C23H25ClN4O4/c1-29-21-11-17-10-20-19(23(28(15-24)30-2)18(13-25)14-26-20)9-16(17)12-22(21)32-8-5-27-3-6-31-7-4-27/h9-12,14H,3-8,15H2,1-2H3. The number of alkyl halides is 1. The highest BCUT2D eigenvalue weighted by Crippen LogP contribution is 2.37. The molecule has 0 atom stereocenters. The lowest BCUT2D eigenvalue weighted by molar-refractivity contribution is 0.0321. The normalized spacial score (nSPS) is 14.4. The molecule has 2 aromatic carbocycles. The quantitative estimate of drug-likeness (QED) is 0.220. The first-order valence-electron chi connectivity index (χ1n) is 10.3. The molecule has 8 nitrogen and oxygen atoms in total. The molecule has 0 radical (unpaired) electrons. The maximum atomic E-state index is 9.58. The largest absolute Gasteiger partial charge is 0.493 e. The van der Waals surface area contributed by atoms with E-state index in [1.54, 1.807) is 7.11 Å². The van der Waals surface area contributed by atoms with Crippen molar-refractivity contribution in [3.05, 3.63) is 36.0 Å². The number of pyridine rings is 1. The Morgan fingerprint density at radius 1 is 1.16 bits per heavy atom. The third kappa shape index (κ3) is 4.52. The predicted octanol–water partition coefficient (Wildman–Crippen LogP) is 3.54.